The van der Waals surface area contributed by atoms with E-state index in [4.69, 9.17) is 26.1 Å². The third kappa shape index (κ3) is 7.81. The highest BCUT2D eigenvalue weighted by Crippen LogP contribution is 2.45. The summed E-state index contributed by atoms with van der Waals surface area (Å²) in [4.78, 5) is 19.9. The zero-order valence-electron chi connectivity index (χ0n) is 25.4. The van der Waals surface area contributed by atoms with Crippen LogP contribution in [0.1, 0.15) is 76.1 Å². The molecule has 3 aromatic rings. The molecule has 41 heavy (non-hydrogen) atoms. The minimum atomic E-state index is -1.14. The van der Waals surface area contributed by atoms with E-state index in [1.165, 1.54) is 5.56 Å². The molecule has 1 N–H and O–H groups in total. The van der Waals surface area contributed by atoms with Gasteiger partial charge in [-0.15, -0.1) is 0 Å². The van der Waals surface area contributed by atoms with Gasteiger partial charge in [-0.1, -0.05) is 49.7 Å². The SMILES string of the molecule is Cc1nc(C)c(C(OC(C)(C)C)C(=O)O)c(N2CCC(C)(C)CC2)c1-c1ccc(OCCc2ccc(Cl)cc2)cc1. The Morgan fingerprint density at radius 3 is 2.20 bits per heavy atom. The first kappa shape index (κ1) is 30.9. The smallest absolute Gasteiger partial charge is 0.337 e. The molecule has 1 aliphatic rings. The molecule has 0 saturated carbocycles. The highest BCUT2D eigenvalue weighted by atomic mass is 35.5. The summed E-state index contributed by atoms with van der Waals surface area (Å²) in [7, 11) is 0. The third-order valence-corrected chi connectivity index (χ3v) is 7.94. The number of rotatable bonds is 9. The van der Waals surface area contributed by atoms with E-state index in [1.807, 2.05) is 83.1 Å². The number of nitrogens with zero attached hydrogens (tertiary/aromatic N) is 2. The third-order valence-electron chi connectivity index (χ3n) is 7.69. The average Bonchev–Trinajstić information content (AvgIpc) is 2.88. The van der Waals surface area contributed by atoms with Crippen molar-refractivity contribution in [2.75, 3.05) is 24.6 Å². The van der Waals surface area contributed by atoms with Crippen molar-refractivity contribution >= 4 is 23.3 Å². The zero-order valence-corrected chi connectivity index (χ0v) is 26.1. The van der Waals surface area contributed by atoms with E-state index in [2.05, 4.69) is 18.7 Å². The van der Waals surface area contributed by atoms with Crippen LogP contribution in [0.25, 0.3) is 11.1 Å². The Morgan fingerprint density at radius 2 is 1.63 bits per heavy atom. The molecule has 1 saturated heterocycles. The monoisotopic (exact) mass is 578 g/mol. The molecule has 220 valence electrons. The Bertz CT molecular complexity index is 1350. The molecule has 4 rings (SSSR count). The predicted molar refractivity (Wildman–Crippen MR) is 166 cm³/mol. The lowest BCUT2D eigenvalue weighted by Gasteiger charge is -2.41. The lowest BCUT2D eigenvalue weighted by Crippen LogP contribution is -2.39. The van der Waals surface area contributed by atoms with Crippen molar-refractivity contribution < 1.29 is 19.4 Å². The largest absolute Gasteiger partial charge is 0.493 e. The first-order valence-corrected chi connectivity index (χ1v) is 14.8. The Kier molecular flexibility index (Phi) is 9.35. The van der Waals surface area contributed by atoms with Gasteiger partial charge in [-0.05, 0) is 88.3 Å². The van der Waals surface area contributed by atoms with Crippen LogP contribution in [0, 0.1) is 19.3 Å². The van der Waals surface area contributed by atoms with E-state index in [0.29, 0.717) is 17.9 Å². The molecule has 2 heterocycles. The van der Waals surface area contributed by atoms with Crippen LogP contribution in [0.2, 0.25) is 5.02 Å². The number of benzene rings is 2. The number of anilines is 1. The second-order valence-corrected chi connectivity index (χ2v) is 13.2. The van der Waals surface area contributed by atoms with Gasteiger partial charge in [0.2, 0.25) is 0 Å². The fourth-order valence-corrected chi connectivity index (χ4v) is 5.54. The molecule has 6 nitrogen and oxygen atoms in total. The molecule has 1 aliphatic heterocycles. The molecule has 7 heteroatoms. The summed E-state index contributed by atoms with van der Waals surface area (Å²) >= 11 is 6.00. The highest BCUT2D eigenvalue weighted by Gasteiger charge is 2.36. The number of aryl methyl sites for hydroxylation is 2. The zero-order chi connectivity index (χ0) is 29.9. The number of hydrogen-bond donors (Lipinski definition) is 1. The standard InChI is InChI=1S/C34H43ClN2O4/c1-22-28(25-10-14-27(15-11-25)40-21-16-24-8-12-26(35)13-9-24)30(37-19-17-34(6,7)18-20-37)29(23(2)36-22)31(32(38)39)41-33(3,4)5/h8-15,31H,16-21H2,1-7H3,(H,38,39). The Morgan fingerprint density at radius 1 is 1.02 bits per heavy atom. The summed E-state index contributed by atoms with van der Waals surface area (Å²) in [5.74, 6) is -0.232. The van der Waals surface area contributed by atoms with E-state index in [0.717, 1.165) is 65.6 Å². The van der Waals surface area contributed by atoms with E-state index in [9.17, 15) is 9.90 Å². The van der Waals surface area contributed by atoms with Gasteiger partial charge >= 0.3 is 5.97 Å². The van der Waals surface area contributed by atoms with E-state index >= 15 is 0 Å². The van der Waals surface area contributed by atoms with Crippen molar-refractivity contribution in [3.05, 3.63) is 76.1 Å². The molecule has 1 fully saturated rings. The minimum absolute atomic E-state index is 0.243. The number of halogens is 1. The van der Waals surface area contributed by atoms with Gasteiger partial charge < -0.3 is 19.5 Å². The first-order valence-electron chi connectivity index (χ1n) is 14.4. The highest BCUT2D eigenvalue weighted by molar-refractivity contribution is 6.30. The maximum absolute atomic E-state index is 12.7. The number of carboxylic acids is 1. The molecule has 0 spiro atoms. The summed E-state index contributed by atoms with van der Waals surface area (Å²) in [6.07, 6.45) is 1.68. The van der Waals surface area contributed by atoms with E-state index in [-0.39, 0.29) is 5.41 Å². The maximum Gasteiger partial charge on any atom is 0.337 e. The van der Waals surface area contributed by atoms with Crippen LogP contribution in [0.15, 0.2) is 48.5 Å². The first-order chi connectivity index (χ1) is 19.2. The lowest BCUT2D eigenvalue weighted by molar-refractivity contribution is -0.160. The second kappa shape index (κ2) is 12.4. The maximum atomic E-state index is 12.7. The summed E-state index contributed by atoms with van der Waals surface area (Å²) < 4.78 is 12.2. The van der Waals surface area contributed by atoms with Crippen molar-refractivity contribution in [2.24, 2.45) is 5.41 Å². The number of carbonyl (C=O) groups is 1. The van der Waals surface area contributed by atoms with Crippen molar-refractivity contribution in [3.8, 4) is 16.9 Å². The summed E-state index contributed by atoms with van der Waals surface area (Å²) in [6.45, 7) is 16.4. The summed E-state index contributed by atoms with van der Waals surface area (Å²) in [5, 5.41) is 11.1. The van der Waals surface area contributed by atoms with Crippen molar-refractivity contribution in [1.82, 2.24) is 4.98 Å². The van der Waals surface area contributed by atoms with Crippen molar-refractivity contribution in [1.29, 1.82) is 0 Å². The van der Waals surface area contributed by atoms with Crippen LogP contribution >= 0.6 is 11.6 Å². The normalized spacial score (nSPS) is 16.0. The van der Waals surface area contributed by atoms with Crippen LogP contribution < -0.4 is 9.64 Å². The average molecular weight is 579 g/mol. The lowest BCUT2D eigenvalue weighted by atomic mass is 9.82. The van der Waals surface area contributed by atoms with Gasteiger partial charge in [0.25, 0.3) is 0 Å². The van der Waals surface area contributed by atoms with E-state index in [1.54, 1.807) is 0 Å². The number of hydrogen-bond acceptors (Lipinski definition) is 5. The Labute approximate surface area is 249 Å². The number of carboxylic acid groups (broad SMARTS) is 1. The molecule has 0 aliphatic carbocycles. The van der Waals surface area contributed by atoms with E-state index < -0.39 is 17.7 Å². The summed E-state index contributed by atoms with van der Waals surface area (Å²) in [6, 6.07) is 15.8. The van der Waals surface area contributed by atoms with Crippen LogP contribution in [-0.2, 0) is 16.0 Å². The molecule has 2 aromatic carbocycles. The van der Waals surface area contributed by atoms with Crippen LogP contribution in [0.5, 0.6) is 5.75 Å². The quantitative estimate of drug-likeness (QED) is 0.276. The van der Waals surface area contributed by atoms with Gasteiger partial charge in [0, 0.05) is 47.0 Å². The molecular weight excluding hydrogens is 536 g/mol. The fraction of sp³-hybridized carbons (Fsp3) is 0.471. The number of aliphatic carboxylic acids is 1. The van der Waals surface area contributed by atoms with Crippen molar-refractivity contribution in [2.45, 2.75) is 79.4 Å². The molecule has 0 bridgehead atoms. The van der Waals surface area contributed by atoms with Gasteiger partial charge in [0.1, 0.15) is 5.75 Å². The fourth-order valence-electron chi connectivity index (χ4n) is 5.41. The molecule has 1 unspecified atom stereocenters. The van der Waals surface area contributed by atoms with Crippen LogP contribution in [0.4, 0.5) is 5.69 Å². The molecule has 0 amide bonds. The van der Waals surface area contributed by atoms with Gasteiger partial charge in [0.15, 0.2) is 6.10 Å². The predicted octanol–water partition coefficient (Wildman–Crippen LogP) is 8.21. The number of pyridine rings is 1. The molecule has 1 atom stereocenters. The van der Waals surface area contributed by atoms with Crippen LogP contribution in [0.3, 0.4) is 0 Å². The number of ether oxygens (including phenoxy) is 2. The number of aromatic nitrogens is 1. The minimum Gasteiger partial charge on any atom is -0.493 e. The van der Waals surface area contributed by atoms with Gasteiger partial charge in [-0.3, -0.25) is 4.98 Å². The molecule has 1 aromatic heterocycles. The molecular formula is C34H43ClN2O4. The molecule has 0 radical (unpaired) electrons. The Hall–Kier alpha value is -3.09. The topological polar surface area (TPSA) is 71.9 Å². The van der Waals surface area contributed by atoms with Crippen molar-refractivity contribution in [3.63, 3.8) is 0 Å². The van der Waals surface area contributed by atoms with Gasteiger partial charge in [0.05, 0.1) is 17.9 Å². The van der Waals surface area contributed by atoms with Gasteiger partial charge in [-0.25, -0.2) is 4.79 Å². The second-order valence-electron chi connectivity index (χ2n) is 12.8. The van der Waals surface area contributed by atoms with Gasteiger partial charge in [-0.2, -0.15) is 0 Å². The Balaban J connectivity index is 1.71. The summed E-state index contributed by atoms with van der Waals surface area (Å²) in [5.41, 5.74) is 5.78. The number of piperidine rings is 1. The van der Waals surface area contributed by atoms with Crippen LogP contribution in [-0.4, -0.2) is 41.4 Å².